The number of amides is 5. The average molecular weight is 776 g/mol. The maximum absolute atomic E-state index is 13.6. The molecule has 0 aromatic heterocycles. The summed E-state index contributed by atoms with van der Waals surface area (Å²) in [6.45, 7) is 11.8. The van der Waals surface area contributed by atoms with Crippen LogP contribution in [0.2, 0.25) is 5.02 Å². The Bertz CT molecular complexity index is 2160. The fraction of sp³-hybridized carbons (Fsp3) is 0.442. The number of piperidine rings is 2. The predicted molar refractivity (Wildman–Crippen MR) is 211 cm³/mol. The number of nitrogens with one attached hydrogen (secondary N) is 2. The molecule has 12 nitrogen and oxygen atoms in total. The predicted octanol–water partition coefficient (Wildman–Crippen LogP) is 5.27. The van der Waals surface area contributed by atoms with Crippen molar-refractivity contribution in [3.05, 3.63) is 93.0 Å². The summed E-state index contributed by atoms with van der Waals surface area (Å²) >= 11 is 6.36. The highest BCUT2D eigenvalue weighted by Gasteiger charge is 2.63. The Labute approximate surface area is 331 Å². The van der Waals surface area contributed by atoms with Gasteiger partial charge in [-0.1, -0.05) is 39.3 Å². The van der Waals surface area contributed by atoms with E-state index in [1.807, 2.05) is 55.6 Å². The van der Waals surface area contributed by atoms with E-state index in [2.05, 4.69) is 59.1 Å². The molecule has 3 aromatic carbocycles. The van der Waals surface area contributed by atoms with E-state index in [1.165, 1.54) is 0 Å². The van der Waals surface area contributed by atoms with Crippen LogP contribution < -0.4 is 20.4 Å². The number of imide groups is 2. The second kappa shape index (κ2) is 13.7. The van der Waals surface area contributed by atoms with Crippen molar-refractivity contribution >= 4 is 52.5 Å². The van der Waals surface area contributed by atoms with Crippen molar-refractivity contribution in [2.75, 3.05) is 29.9 Å². The van der Waals surface area contributed by atoms with E-state index in [0.717, 1.165) is 53.3 Å². The quantitative estimate of drug-likeness (QED) is 0.307. The third-order valence-electron chi connectivity index (χ3n) is 13.0. The molecule has 1 saturated carbocycles. The lowest BCUT2D eigenvalue weighted by Gasteiger charge is -2.67. The van der Waals surface area contributed by atoms with Gasteiger partial charge < -0.3 is 15.1 Å². The van der Waals surface area contributed by atoms with Crippen LogP contribution in [0.1, 0.15) is 101 Å². The van der Waals surface area contributed by atoms with Crippen LogP contribution in [-0.4, -0.2) is 83.6 Å². The Hall–Kier alpha value is -5.25. The van der Waals surface area contributed by atoms with Gasteiger partial charge in [0.05, 0.1) is 21.7 Å². The third-order valence-corrected chi connectivity index (χ3v) is 13.3. The molecular formula is C43H46ClN7O5. The minimum atomic E-state index is -0.971. The van der Waals surface area contributed by atoms with Crippen molar-refractivity contribution in [3.8, 4) is 6.07 Å². The molecule has 1 unspecified atom stereocenters. The Morgan fingerprint density at radius 2 is 1.50 bits per heavy atom. The molecule has 1 atom stereocenters. The van der Waals surface area contributed by atoms with Gasteiger partial charge in [0.15, 0.2) is 0 Å². The summed E-state index contributed by atoms with van der Waals surface area (Å²) in [4.78, 5) is 72.4. The number of nitriles is 1. The van der Waals surface area contributed by atoms with Crippen molar-refractivity contribution < 1.29 is 24.0 Å². The lowest BCUT2D eigenvalue weighted by molar-refractivity contribution is -0.136. The first-order chi connectivity index (χ1) is 26.6. The topological polar surface area (TPSA) is 146 Å². The fourth-order valence-corrected chi connectivity index (χ4v) is 10.9. The van der Waals surface area contributed by atoms with Crippen LogP contribution in [0.25, 0.3) is 0 Å². The summed E-state index contributed by atoms with van der Waals surface area (Å²) in [5.41, 5.74) is 5.28. The molecule has 56 heavy (non-hydrogen) atoms. The first-order valence-corrected chi connectivity index (χ1v) is 19.7. The zero-order valence-electron chi connectivity index (χ0n) is 32.3. The van der Waals surface area contributed by atoms with Gasteiger partial charge in [-0.05, 0) is 85.0 Å². The minimum Gasteiger partial charge on any atom is -0.371 e. The van der Waals surface area contributed by atoms with Crippen molar-refractivity contribution in [1.82, 2.24) is 20.4 Å². The number of nitrogens with zero attached hydrogens (tertiary/aromatic N) is 5. The van der Waals surface area contributed by atoms with Crippen molar-refractivity contribution in [3.63, 3.8) is 0 Å². The van der Waals surface area contributed by atoms with Crippen LogP contribution in [-0.2, 0) is 22.7 Å². The molecule has 2 N–H and O–H groups in total. The van der Waals surface area contributed by atoms with E-state index in [1.54, 1.807) is 6.07 Å². The Morgan fingerprint density at radius 3 is 2.05 bits per heavy atom. The normalized spacial score (nSPS) is 24.3. The molecule has 2 saturated heterocycles. The van der Waals surface area contributed by atoms with E-state index in [-0.39, 0.29) is 41.7 Å². The molecule has 4 aliphatic heterocycles. The Morgan fingerprint density at radius 1 is 0.893 bits per heavy atom. The second-order valence-corrected chi connectivity index (χ2v) is 17.5. The van der Waals surface area contributed by atoms with Gasteiger partial charge in [-0.3, -0.25) is 39.1 Å². The molecule has 0 radical (unpaired) electrons. The zero-order valence-corrected chi connectivity index (χ0v) is 33.1. The van der Waals surface area contributed by atoms with Crippen LogP contribution in [0.15, 0.2) is 54.6 Å². The fourth-order valence-electron chi connectivity index (χ4n) is 10.7. The number of hydrogen-bond donors (Lipinski definition) is 2. The number of fused-ring (bicyclic) bond motifs is 2. The molecule has 1 aliphatic carbocycles. The summed E-state index contributed by atoms with van der Waals surface area (Å²) < 4.78 is 0. The molecule has 0 bridgehead atoms. The molecule has 3 fully saturated rings. The highest BCUT2D eigenvalue weighted by Crippen LogP contribution is 2.57. The van der Waals surface area contributed by atoms with Crippen molar-refractivity contribution in [2.24, 2.45) is 10.8 Å². The lowest BCUT2D eigenvalue weighted by Crippen LogP contribution is -2.77. The van der Waals surface area contributed by atoms with Gasteiger partial charge >= 0.3 is 0 Å². The highest BCUT2D eigenvalue weighted by molar-refractivity contribution is 6.32. The van der Waals surface area contributed by atoms with E-state index in [9.17, 15) is 29.2 Å². The van der Waals surface area contributed by atoms with Gasteiger partial charge in [0.2, 0.25) is 11.8 Å². The van der Waals surface area contributed by atoms with Gasteiger partial charge in [-0.15, -0.1) is 0 Å². The standard InChI is InChI=1S/C43H46ClN7O5/c1-42(2)40(43(3,4)41(42)48(5)30-11-8-25(21-45)33(44)20-30)47-36(53)24-6-9-28(10-7-24)49-16-14-29(15-17-49)50-22-26-18-31-32(19-27(26)23-50)39(56)51(38(31)55)34-12-13-35(52)46-37(34)54/h6-11,18-20,29,34,40-41H,12-17,22-23H2,1-5H3,(H,47,53)(H,46,52,54)/t34?,40-,41-. The maximum Gasteiger partial charge on any atom is 0.262 e. The largest absolute Gasteiger partial charge is 0.371 e. The van der Waals surface area contributed by atoms with Gasteiger partial charge in [0, 0.05) is 85.5 Å². The summed E-state index contributed by atoms with van der Waals surface area (Å²) in [5, 5.41) is 15.3. The second-order valence-electron chi connectivity index (χ2n) is 17.1. The maximum atomic E-state index is 13.6. The monoisotopic (exact) mass is 775 g/mol. The average Bonchev–Trinajstić information content (AvgIpc) is 3.69. The highest BCUT2D eigenvalue weighted by atomic mass is 35.5. The van der Waals surface area contributed by atoms with Crippen LogP contribution in [0.4, 0.5) is 11.4 Å². The number of anilines is 2. The van der Waals surface area contributed by atoms with Crippen molar-refractivity contribution in [2.45, 2.75) is 90.6 Å². The summed E-state index contributed by atoms with van der Waals surface area (Å²) in [6, 6.07) is 18.5. The number of benzene rings is 3. The third kappa shape index (κ3) is 6.12. The number of hydrogen-bond acceptors (Lipinski definition) is 9. The molecule has 5 amide bonds. The van der Waals surface area contributed by atoms with E-state index < -0.39 is 29.7 Å². The first-order valence-electron chi connectivity index (χ1n) is 19.3. The van der Waals surface area contributed by atoms with E-state index in [0.29, 0.717) is 46.4 Å². The van der Waals surface area contributed by atoms with Gasteiger partial charge in [0.25, 0.3) is 17.7 Å². The molecule has 290 valence electrons. The summed E-state index contributed by atoms with van der Waals surface area (Å²) in [6.07, 6.45) is 2.13. The van der Waals surface area contributed by atoms with Gasteiger partial charge in [-0.25, -0.2) is 0 Å². The van der Waals surface area contributed by atoms with E-state index >= 15 is 0 Å². The Kier molecular flexibility index (Phi) is 9.24. The molecule has 4 heterocycles. The van der Waals surface area contributed by atoms with Crippen LogP contribution in [0.3, 0.4) is 0 Å². The van der Waals surface area contributed by atoms with E-state index in [4.69, 9.17) is 11.6 Å². The zero-order chi connectivity index (χ0) is 39.8. The summed E-state index contributed by atoms with van der Waals surface area (Å²) in [5.74, 6) is -2.05. The van der Waals surface area contributed by atoms with Gasteiger partial charge in [0.1, 0.15) is 12.1 Å². The minimum absolute atomic E-state index is 0.0752. The molecule has 8 rings (SSSR count). The molecule has 0 spiro atoms. The van der Waals surface area contributed by atoms with Crippen molar-refractivity contribution in [1.29, 1.82) is 5.26 Å². The smallest absolute Gasteiger partial charge is 0.262 e. The molecule has 13 heteroatoms. The number of rotatable bonds is 7. The number of carbonyl (C=O) groups is 5. The first kappa shape index (κ1) is 37.7. The van der Waals surface area contributed by atoms with Crippen LogP contribution >= 0.6 is 11.6 Å². The molecule has 3 aromatic rings. The number of carbonyl (C=O) groups excluding carboxylic acids is 5. The van der Waals surface area contributed by atoms with Crippen LogP contribution in [0, 0.1) is 22.2 Å². The SMILES string of the molecule is CN(c1ccc(C#N)c(Cl)c1)[C@H]1C(C)(C)[C@H](NC(=O)c2ccc(N3CCC(N4Cc5cc6c(cc5C4)C(=O)N(C4CCC(=O)NC4=O)C6=O)CC3)cc2)C1(C)C. The van der Waals surface area contributed by atoms with Gasteiger partial charge in [-0.2, -0.15) is 5.26 Å². The summed E-state index contributed by atoms with van der Waals surface area (Å²) in [7, 11) is 2.04. The lowest BCUT2D eigenvalue weighted by atomic mass is 9.47. The molecular weight excluding hydrogens is 730 g/mol. The number of halogens is 1. The Balaban J connectivity index is 0.854. The molecule has 5 aliphatic rings. The van der Waals surface area contributed by atoms with Crippen LogP contribution in [0.5, 0.6) is 0 Å².